The van der Waals surface area contributed by atoms with Gasteiger partial charge in [-0.2, -0.15) is 0 Å². The third-order valence-corrected chi connectivity index (χ3v) is 4.51. The minimum absolute atomic E-state index is 0.0510. The number of hydrogen-bond donors (Lipinski definition) is 0. The van der Waals surface area contributed by atoms with Crippen LogP contribution in [0.4, 0.5) is 4.39 Å². The second kappa shape index (κ2) is 5.80. The van der Waals surface area contributed by atoms with Crippen LogP contribution in [0.2, 0.25) is 0 Å². The minimum Gasteiger partial charge on any atom is -0.334 e. The van der Waals surface area contributed by atoms with Gasteiger partial charge in [0, 0.05) is 37.2 Å². The third kappa shape index (κ3) is 2.76. The average Bonchev–Trinajstić information content (AvgIpc) is 2.83. The smallest absolute Gasteiger partial charge is 0.254 e. The van der Waals surface area contributed by atoms with E-state index in [-0.39, 0.29) is 11.7 Å². The molecule has 0 radical (unpaired) electrons. The van der Waals surface area contributed by atoms with Gasteiger partial charge in [0.25, 0.3) is 5.91 Å². The summed E-state index contributed by atoms with van der Waals surface area (Å²) < 4.78 is 15.4. The number of imidazole rings is 1. The van der Waals surface area contributed by atoms with Gasteiger partial charge in [0.15, 0.2) is 0 Å². The Morgan fingerprint density at radius 1 is 1.35 bits per heavy atom. The van der Waals surface area contributed by atoms with Crippen LogP contribution in [-0.4, -0.2) is 26.9 Å². The molecule has 1 aliphatic heterocycles. The lowest BCUT2D eigenvalue weighted by atomic mass is 10.1. The quantitative estimate of drug-likeness (QED) is 0.853. The fourth-order valence-electron chi connectivity index (χ4n) is 3.28. The highest BCUT2D eigenvalue weighted by Crippen LogP contribution is 2.24. The number of fused-ring (bicyclic) bond motifs is 1. The predicted octanol–water partition coefficient (Wildman–Crippen LogP) is 3.19. The van der Waals surface area contributed by atoms with Crippen molar-refractivity contribution < 1.29 is 9.18 Å². The molecule has 0 unspecified atom stereocenters. The van der Waals surface area contributed by atoms with Crippen molar-refractivity contribution in [3.05, 3.63) is 52.4 Å². The van der Waals surface area contributed by atoms with Gasteiger partial charge < -0.3 is 9.47 Å². The Kier molecular flexibility index (Phi) is 3.96. The highest BCUT2D eigenvalue weighted by molar-refractivity contribution is 5.95. The first-order valence-corrected chi connectivity index (χ1v) is 7.98. The summed E-state index contributed by atoms with van der Waals surface area (Å²) >= 11 is 0. The molecule has 0 bridgehead atoms. The van der Waals surface area contributed by atoms with Crippen molar-refractivity contribution in [3.63, 3.8) is 0 Å². The first kappa shape index (κ1) is 15.7. The van der Waals surface area contributed by atoms with E-state index in [1.807, 2.05) is 7.05 Å². The molecule has 122 valence electrons. The number of hydrogen-bond acceptors (Lipinski definition) is 2. The zero-order valence-electron chi connectivity index (χ0n) is 14.1. The van der Waals surface area contributed by atoms with Crippen molar-refractivity contribution in [1.29, 1.82) is 0 Å². The summed E-state index contributed by atoms with van der Waals surface area (Å²) in [4.78, 5) is 19.3. The lowest BCUT2D eigenvalue weighted by Crippen LogP contribution is -2.36. The van der Waals surface area contributed by atoms with E-state index in [4.69, 9.17) is 4.98 Å². The highest BCUT2D eigenvalue weighted by atomic mass is 19.1. The van der Waals surface area contributed by atoms with Crippen molar-refractivity contribution in [2.24, 2.45) is 7.05 Å². The Hall–Kier alpha value is -2.17. The zero-order valence-corrected chi connectivity index (χ0v) is 14.1. The lowest BCUT2D eigenvalue weighted by molar-refractivity contribution is 0.0730. The summed E-state index contributed by atoms with van der Waals surface area (Å²) in [5.41, 5.74) is 3.43. The standard InChI is InChI=1S/C18H22FN3O/c1-11(2)17-20-15-10-22(8-7-16(15)21(17)4)18(23)14-6-5-13(19)9-12(14)3/h5-6,9,11H,7-8,10H2,1-4H3. The number of halogens is 1. The summed E-state index contributed by atoms with van der Waals surface area (Å²) in [5, 5.41) is 0. The maximum atomic E-state index is 13.2. The first-order chi connectivity index (χ1) is 10.9. The fraction of sp³-hybridized carbons (Fsp3) is 0.444. The lowest BCUT2D eigenvalue weighted by Gasteiger charge is -2.27. The molecule has 0 fully saturated rings. The van der Waals surface area contributed by atoms with Gasteiger partial charge in [0.2, 0.25) is 0 Å². The summed E-state index contributed by atoms with van der Waals surface area (Å²) in [6.45, 7) is 7.20. The van der Waals surface area contributed by atoms with Gasteiger partial charge in [0.05, 0.1) is 12.2 Å². The molecule has 1 aromatic carbocycles. The normalized spacial score (nSPS) is 14.3. The molecule has 0 saturated carbocycles. The van der Waals surface area contributed by atoms with Crippen LogP contribution in [0.15, 0.2) is 18.2 Å². The number of amides is 1. The molecular formula is C18H22FN3O. The van der Waals surface area contributed by atoms with Gasteiger partial charge >= 0.3 is 0 Å². The SMILES string of the molecule is Cc1cc(F)ccc1C(=O)N1CCc2c(nc(C(C)C)n2C)C1. The summed E-state index contributed by atoms with van der Waals surface area (Å²) in [6, 6.07) is 4.31. The molecule has 0 aliphatic carbocycles. The molecule has 1 amide bonds. The Balaban J connectivity index is 1.87. The maximum Gasteiger partial charge on any atom is 0.254 e. The summed E-state index contributed by atoms with van der Waals surface area (Å²) in [5.74, 6) is 1.05. The van der Waals surface area contributed by atoms with Crippen LogP contribution in [0, 0.1) is 12.7 Å². The fourth-order valence-corrected chi connectivity index (χ4v) is 3.28. The molecule has 2 heterocycles. The maximum absolute atomic E-state index is 13.2. The van der Waals surface area contributed by atoms with E-state index in [2.05, 4.69) is 18.4 Å². The predicted molar refractivity (Wildman–Crippen MR) is 86.9 cm³/mol. The van der Waals surface area contributed by atoms with E-state index < -0.39 is 0 Å². The van der Waals surface area contributed by atoms with E-state index in [0.717, 1.165) is 17.9 Å². The van der Waals surface area contributed by atoms with Crippen molar-refractivity contribution >= 4 is 5.91 Å². The van der Waals surface area contributed by atoms with Crippen LogP contribution >= 0.6 is 0 Å². The van der Waals surface area contributed by atoms with Crippen molar-refractivity contribution in [2.75, 3.05) is 6.54 Å². The van der Waals surface area contributed by atoms with Gasteiger partial charge in [-0.15, -0.1) is 0 Å². The Morgan fingerprint density at radius 2 is 2.09 bits per heavy atom. The molecule has 23 heavy (non-hydrogen) atoms. The molecule has 5 heteroatoms. The molecule has 2 aromatic rings. The first-order valence-electron chi connectivity index (χ1n) is 7.98. The van der Waals surface area contributed by atoms with Crippen LogP contribution in [0.5, 0.6) is 0 Å². The van der Waals surface area contributed by atoms with Crippen LogP contribution in [-0.2, 0) is 20.0 Å². The number of nitrogens with zero attached hydrogens (tertiary/aromatic N) is 3. The molecule has 1 aromatic heterocycles. The molecule has 0 N–H and O–H groups in total. The van der Waals surface area contributed by atoms with Crippen LogP contribution < -0.4 is 0 Å². The molecule has 0 spiro atoms. The molecule has 0 saturated heterocycles. The number of carbonyl (C=O) groups is 1. The highest BCUT2D eigenvalue weighted by Gasteiger charge is 2.27. The van der Waals surface area contributed by atoms with Gasteiger partial charge in [-0.1, -0.05) is 13.8 Å². The van der Waals surface area contributed by atoms with E-state index in [1.54, 1.807) is 17.9 Å². The van der Waals surface area contributed by atoms with Crippen molar-refractivity contribution in [1.82, 2.24) is 14.5 Å². The van der Waals surface area contributed by atoms with Gasteiger partial charge in [0.1, 0.15) is 11.6 Å². The number of carbonyl (C=O) groups excluding carboxylic acids is 1. The average molecular weight is 315 g/mol. The molecular weight excluding hydrogens is 293 g/mol. The van der Waals surface area contributed by atoms with E-state index in [0.29, 0.717) is 30.1 Å². The van der Waals surface area contributed by atoms with Gasteiger partial charge in [-0.05, 0) is 30.7 Å². The molecule has 1 aliphatic rings. The van der Waals surface area contributed by atoms with E-state index >= 15 is 0 Å². The van der Waals surface area contributed by atoms with Crippen molar-refractivity contribution in [2.45, 2.75) is 39.7 Å². The number of aromatic nitrogens is 2. The zero-order chi connectivity index (χ0) is 16.7. The largest absolute Gasteiger partial charge is 0.334 e. The number of aryl methyl sites for hydroxylation is 1. The third-order valence-electron chi connectivity index (χ3n) is 4.51. The van der Waals surface area contributed by atoms with Crippen LogP contribution in [0.25, 0.3) is 0 Å². The Labute approximate surface area is 135 Å². The van der Waals surface area contributed by atoms with Crippen LogP contribution in [0.3, 0.4) is 0 Å². The number of rotatable bonds is 2. The minimum atomic E-state index is -0.314. The van der Waals surface area contributed by atoms with E-state index in [9.17, 15) is 9.18 Å². The topological polar surface area (TPSA) is 38.1 Å². The van der Waals surface area contributed by atoms with Crippen LogP contribution in [0.1, 0.15) is 52.9 Å². The van der Waals surface area contributed by atoms with Crippen molar-refractivity contribution in [3.8, 4) is 0 Å². The second-order valence-electron chi connectivity index (χ2n) is 6.51. The van der Waals surface area contributed by atoms with Gasteiger partial charge in [-0.25, -0.2) is 9.37 Å². The molecule has 0 atom stereocenters. The summed E-state index contributed by atoms with van der Waals surface area (Å²) in [7, 11) is 2.04. The molecule has 3 rings (SSSR count). The van der Waals surface area contributed by atoms with E-state index in [1.165, 1.54) is 17.8 Å². The monoisotopic (exact) mass is 315 g/mol. The Morgan fingerprint density at radius 3 is 2.74 bits per heavy atom. The number of benzene rings is 1. The molecule has 4 nitrogen and oxygen atoms in total. The summed E-state index contributed by atoms with van der Waals surface area (Å²) in [6.07, 6.45) is 0.803. The van der Waals surface area contributed by atoms with Gasteiger partial charge in [-0.3, -0.25) is 4.79 Å². The Bertz CT molecular complexity index is 764. The second-order valence-corrected chi connectivity index (χ2v) is 6.51.